The molecular weight excluding hydrogens is 454 g/mol. The molecule has 1 fully saturated rings. The number of amides is 2. The van der Waals surface area contributed by atoms with E-state index >= 15 is 0 Å². The number of fused-ring (bicyclic) bond motifs is 1. The third-order valence-corrected chi connectivity index (χ3v) is 6.51. The SMILES string of the molecule is CNC(=O)OCC(=O)N1CCC(c2ccc3[nH]c(-c4cc(C)nc(C)c4)c(CC(F)F)c3c2)CC1. The standard InChI is InChI=1S/C26H30F2N4O3/c1-15-10-19(11-16(2)30-15)25-21(13-23(27)28)20-12-18(4-5-22(20)31-25)17-6-8-32(9-7-17)24(33)14-35-26(34)29-3/h4-5,10-12,17,23,31H,6-9,13-14H2,1-3H3,(H,29,34). The van der Waals surface area contributed by atoms with Crippen LogP contribution in [-0.4, -0.2) is 60.0 Å². The number of carbonyl (C=O) groups is 2. The van der Waals surface area contributed by atoms with Gasteiger partial charge in [0, 0.05) is 54.4 Å². The van der Waals surface area contributed by atoms with Gasteiger partial charge in [0.15, 0.2) is 6.61 Å². The van der Waals surface area contributed by atoms with Gasteiger partial charge in [-0.15, -0.1) is 0 Å². The predicted molar refractivity (Wildman–Crippen MR) is 130 cm³/mol. The van der Waals surface area contributed by atoms with E-state index in [1.165, 1.54) is 7.05 Å². The monoisotopic (exact) mass is 484 g/mol. The molecule has 4 rings (SSSR count). The largest absolute Gasteiger partial charge is 0.439 e. The van der Waals surface area contributed by atoms with E-state index in [9.17, 15) is 18.4 Å². The summed E-state index contributed by atoms with van der Waals surface area (Å²) < 4.78 is 32.0. The van der Waals surface area contributed by atoms with Crippen molar-refractivity contribution in [1.29, 1.82) is 0 Å². The topological polar surface area (TPSA) is 87.3 Å². The lowest BCUT2D eigenvalue weighted by atomic mass is 9.88. The highest BCUT2D eigenvalue weighted by Crippen LogP contribution is 2.36. The molecule has 3 aromatic rings. The molecule has 9 heteroatoms. The number of carbonyl (C=O) groups excluding carboxylic acids is 2. The first-order chi connectivity index (χ1) is 16.7. The molecular formula is C26H30F2N4O3. The molecule has 2 N–H and O–H groups in total. The van der Waals surface area contributed by atoms with E-state index < -0.39 is 12.5 Å². The van der Waals surface area contributed by atoms with Crippen LogP contribution in [0.1, 0.15) is 41.3 Å². The lowest BCUT2D eigenvalue weighted by molar-refractivity contribution is -0.135. The third kappa shape index (κ3) is 5.61. The summed E-state index contributed by atoms with van der Waals surface area (Å²) >= 11 is 0. The zero-order chi connectivity index (χ0) is 25.1. The maximum absolute atomic E-state index is 13.6. The third-order valence-electron chi connectivity index (χ3n) is 6.51. The summed E-state index contributed by atoms with van der Waals surface area (Å²) in [6, 6.07) is 9.83. The second kappa shape index (κ2) is 10.4. The van der Waals surface area contributed by atoms with Gasteiger partial charge in [0.05, 0.1) is 5.69 Å². The number of benzene rings is 1. The lowest BCUT2D eigenvalue weighted by Gasteiger charge is -2.32. The highest BCUT2D eigenvalue weighted by molar-refractivity contribution is 5.91. The molecule has 1 saturated heterocycles. The number of alkyl carbamates (subject to hydrolysis) is 1. The normalized spacial score (nSPS) is 14.5. The molecule has 2 aromatic heterocycles. The molecule has 1 aromatic carbocycles. The van der Waals surface area contributed by atoms with E-state index in [0.29, 0.717) is 24.3 Å². The number of pyridine rings is 1. The number of halogens is 2. The van der Waals surface area contributed by atoms with Gasteiger partial charge in [-0.3, -0.25) is 9.78 Å². The summed E-state index contributed by atoms with van der Waals surface area (Å²) in [7, 11) is 1.44. The van der Waals surface area contributed by atoms with Crippen LogP contribution >= 0.6 is 0 Å². The zero-order valence-electron chi connectivity index (χ0n) is 20.2. The first-order valence-electron chi connectivity index (χ1n) is 11.8. The number of aromatic amines is 1. The molecule has 0 aliphatic carbocycles. The van der Waals surface area contributed by atoms with Crippen LogP contribution in [0.5, 0.6) is 0 Å². The van der Waals surface area contributed by atoms with Crippen molar-refractivity contribution >= 4 is 22.9 Å². The maximum Gasteiger partial charge on any atom is 0.407 e. The Kier molecular flexibility index (Phi) is 7.33. The van der Waals surface area contributed by atoms with Crippen LogP contribution < -0.4 is 5.32 Å². The molecule has 7 nitrogen and oxygen atoms in total. The zero-order valence-corrected chi connectivity index (χ0v) is 20.2. The van der Waals surface area contributed by atoms with Crippen LogP contribution in [0.4, 0.5) is 13.6 Å². The Hall–Kier alpha value is -3.49. The molecule has 186 valence electrons. The number of likely N-dealkylation sites (tertiary alicyclic amines) is 1. The van der Waals surface area contributed by atoms with E-state index in [-0.39, 0.29) is 24.9 Å². The van der Waals surface area contributed by atoms with Crippen molar-refractivity contribution in [3.05, 3.63) is 52.8 Å². The van der Waals surface area contributed by atoms with Crippen molar-refractivity contribution in [3.63, 3.8) is 0 Å². The van der Waals surface area contributed by atoms with E-state index in [0.717, 1.165) is 46.3 Å². The summed E-state index contributed by atoms with van der Waals surface area (Å²) in [5, 5.41) is 3.12. The van der Waals surface area contributed by atoms with Crippen LogP contribution in [0, 0.1) is 13.8 Å². The fourth-order valence-corrected chi connectivity index (χ4v) is 4.86. The van der Waals surface area contributed by atoms with Crippen molar-refractivity contribution in [3.8, 4) is 11.3 Å². The summed E-state index contributed by atoms with van der Waals surface area (Å²) in [6.45, 7) is 4.61. The van der Waals surface area contributed by atoms with Crippen molar-refractivity contribution in [2.45, 2.75) is 45.5 Å². The van der Waals surface area contributed by atoms with Crippen LogP contribution in [0.15, 0.2) is 30.3 Å². The Balaban J connectivity index is 1.56. The lowest BCUT2D eigenvalue weighted by Crippen LogP contribution is -2.40. The summed E-state index contributed by atoms with van der Waals surface area (Å²) in [4.78, 5) is 33.0. The summed E-state index contributed by atoms with van der Waals surface area (Å²) in [6.07, 6.45) is -1.93. The number of hydrogen-bond acceptors (Lipinski definition) is 4. The van der Waals surface area contributed by atoms with Gasteiger partial charge >= 0.3 is 6.09 Å². The smallest absolute Gasteiger partial charge is 0.407 e. The van der Waals surface area contributed by atoms with Crippen LogP contribution in [0.3, 0.4) is 0 Å². The van der Waals surface area contributed by atoms with E-state index in [1.807, 2.05) is 44.2 Å². The molecule has 3 heterocycles. The highest BCUT2D eigenvalue weighted by atomic mass is 19.3. The quantitative estimate of drug-likeness (QED) is 0.530. The average Bonchev–Trinajstić information content (AvgIpc) is 3.18. The van der Waals surface area contributed by atoms with Crippen LogP contribution in [0.2, 0.25) is 0 Å². The highest BCUT2D eigenvalue weighted by Gasteiger charge is 2.26. The minimum absolute atomic E-state index is 0.214. The van der Waals surface area contributed by atoms with E-state index in [4.69, 9.17) is 4.74 Å². The molecule has 0 spiro atoms. The number of piperidine rings is 1. The number of alkyl halides is 2. The number of aryl methyl sites for hydroxylation is 2. The second-order valence-corrected chi connectivity index (χ2v) is 9.00. The number of H-pyrrole nitrogens is 1. The molecule has 1 aliphatic rings. The van der Waals surface area contributed by atoms with Gasteiger partial charge in [-0.05, 0) is 68.0 Å². The number of hydrogen-bond donors (Lipinski definition) is 2. The van der Waals surface area contributed by atoms with Gasteiger partial charge in [-0.2, -0.15) is 0 Å². The Morgan fingerprint density at radius 1 is 1.17 bits per heavy atom. The van der Waals surface area contributed by atoms with Crippen molar-refractivity contribution in [2.75, 3.05) is 26.7 Å². The predicted octanol–water partition coefficient (Wildman–Crippen LogP) is 4.72. The number of aromatic nitrogens is 2. The van der Waals surface area contributed by atoms with Crippen LogP contribution in [0.25, 0.3) is 22.2 Å². The Morgan fingerprint density at radius 3 is 2.49 bits per heavy atom. The molecule has 35 heavy (non-hydrogen) atoms. The van der Waals surface area contributed by atoms with E-state index in [2.05, 4.69) is 15.3 Å². The molecule has 0 bridgehead atoms. The number of nitrogens with zero attached hydrogens (tertiary/aromatic N) is 2. The number of rotatable bonds is 6. The maximum atomic E-state index is 13.6. The average molecular weight is 485 g/mol. The minimum Gasteiger partial charge on any atom is -0.439 e. The molecule has 0 atom stereocenters. The molecule has 0 radical (unpaired) electrons. The molecule has 0 unspecified atom stereocenters. The van der Waals surface area contributed by atoms with Crippen molar-refractivity contribution in [2.24, 2.45) is 0 Å². The Bertz CT molecular complexity index is 1210. The first-order valence-corrected chi connectivity index (χ1v) is 11.8. The fourth-order valence-electron chi connectivity index (χ4n) is 4.86. The second-order valence-electron chi connectivity index (χ2n) is 9.00. The Labute approximate surface area is 202 Å². The van der Waals surface area contributed by atoms with Crippen molar-refractivity contribution in [1.82, 2.24) is 20.2 Å². The van der Waals surface area contributed by atoms with Gasteiger partial charge in [0.2, 0.25) is 6.43 Å². The summed E-state index contributed by atoms with van der Waals surface area (Å²) in [5.41, 5.74) is 5.76. The van der Waals surface area contributed by atoms with Crippen molar-refractivity contribution < 1.29 is 23.1 Å². The minimum atomic E-state index is -2.47. The number of ether oxygens (including phenoxy) is 1. The van der Waals surface area contributed by atoms with Gasteiger partial charge < -0.3 is 19.9 Å². The van der Waals surface area contributed by atoms with Crippen LogP contribution in [-0.2, 0) is 16.0 Å². The number of nitrogens with one attached hydrogen (secondary N) is 2. The van der Waals surface area contributed by atoms with Gasteiger partial charge in [0.1, 0.15) is 0 Å². The molecule has 0 saturated carbocycles. The Morgan fingerprint density at radius 2 is 1.86 bits per heavy atom. The molecule has 2 amide bonds. The first kappa shape index (κ1) is 24.6. The van der Waals surface area contributed by atoms with Gasteiger partial charge in [-0.25, -0.2) is 13.6 Å². The van der Waals surface area contributed by atoms with Gasteiger partial charge in [-0.1, -0.05) is 6.07 Å². The van der Waals surface area contributed by atoms with E-state index in [1.54, 1.807) is 4.90 Å². The molecule has 1 aliphatic heterocycles. The van der Waals surface area contributed by atoms with Gasteiger partial charge in [0.25, 0.3) is 5.91 Å². The summed E-state index contributed by atoms with van der Waals surface area (Å²) in [5.74, 6) is -0.00795. The fraction of sp³-hybridized carbons (Fsp3) is 0.423.